The molecule has 51 heavy (non-hydrogen) atoms. The number of methoxy groups -OCH3 is 2. The fourth-order valence-corrected chi connectivity index (χ4v) is 6.39. The van der Waals surface area contributed by atoms with Crippen LogP contribution in [-0.4, -0.2) is 31.9 Å². The van der Waals surface area contributed by atoms with Crippen molar-refractivity contribution in [2.75, 3.05) is 24.9 Å². The molecule has 9 heteroatoms. The lowest BCUT2D eigenvalue weighted by molar-refractivity contribution is -0.116. The van der Waals surface area contributed by atoms with Crippen LogP contribution in [0, 0.1) is 0 Å². The third-order valence-corrected chi connectivity index (χ3v) is 9.26. The average molecular weight is 694 g/mol. The molecule has 0 spiro atoms. The van der Waals surface area contributed by atoms with Crippen LogP contribution in [0.25, 0.3) is 16.8 Å². The minimum Gasteiger partial charge on any atom is -0.497 e. The summed E-state index contributed by atoms with van der Waals surface area (Å²) in [5.41, 5.74) is 3.06. The molecule has 0 saturated carbocycles. The number of amides is 3. The van der Waals surface area contributed by atoms with Crippen LogP contribution in [0.15, 0.2) is 156 Å². The Morgan fingerprint density at radius 2 is 1.31 bits per heavy atom. The minimum absolute atomic E-state index is 0.0141. The van der Waals surface area contributed by atoms with Crippen LogP contribution >= 0.6 is 11.8 Å². The van der Waals surface area contributed by atoms with Gasteiger partial charge in [0.2, 0.25) is 5.91 Å². The molecule has 0 aliphatic carbocycles. The van der Waals surface area contributed by atoms with Crippen molar-refractivity contribution in [2.45, 2.75) is 10.1 Å². The summed E-state index contributed by atoms with van der Waals surface area (Å²) in [5.74, 6) is -0.0778. The Kier molecular flexibility index (Phi) is 11.1. The van der Waals surface area contributed by atoms with E-state index in [0.29, 0.717) is 34.0 Å². The van der Waals surface area contributed by atoms with Gasteiger partial charge in [-0.15, -0.1) is 11.8 Å². The molecule has 0 aromatic heterocycles. The van der Waals surface area contributed by atoms with E-state index in [-0.39, 0.29) is 11.6 Å². The molecule has 0 bridgehead atoms. The second-order valence-corrected chi connectivity index (χ2v) is 12.6. The van der Waals surface area contributed by atoms with Crippen LogP contribution in [-0.2, 0) is 9.59 Å². The minimum atomic E-state index is -0.541. The van der Waals surface area contributed by atoms with Gasteiger partial charge in [0.1, 0.15) is 22.4 Å². The number of ether oxygens (including phenoxy) is 2. The number of hydrogen-bond donors (Lipinski definition) is 3. The van der Waals surface area contributed by atoms with Crippen molar-refractivity contribution in [1.29, 1.82) is 0 Å². The monoisotopic (exact) mass is 693 g/mol. The number of fused-ring (bicyclic) bond motifs is 1. The molecule has 3 amide bonds. The highest BCUT2D eigenvalue weighted by molar-refractivity contribution is 8.00. The van der Waals surface area contributed by atoms with Gasteiger partial charge in [-0.2, -0.15) is 0 Å². The summed E-state index contributed by atoms with van der Waals surface area (Å²) in [5, 5.41) is 10.3. The molecule has 0 radical (unpaired) electrons. The first-order valence-electron chi connectivity index (χ1n) is 16.1. The van der Waals surface area contributed by atoms with Crippen LogP contribution in [0.1, 0.15) is 26.7 Å². The predicted octanol–water partition coefficient (Wildman–Crippen LogP) is 8.74. The fourth-order valence-electron chi connectivity index (χ4n) is 5.36. The van der Waals surface area contributed by atoms with E-state index in [9.17, 15) is 14.4 Å². The van der Waals surface area contributed by atoms with E-state index in [1.54, 1.807) is 67.8 Å². The van der Waals surface area contributed by atoms with Gasteiger partial charge < -0.3 is 25.4 Å². The van der Waals surface area contributed by atoms with Gasteiger partial charge in [0.15, 0.2) is 0 Å². The molecule has 0 aliphatic heterocycles. The number of anilines is 2. The number of carbonyl (C=O) groups is 3. The quantitative estimate of drug-likeness (QED) is 0.0875. The van der Waals surface area contributed by atoms with E-state index >= 15 is 0 Å². The molecule has 1 unspecified atom stereocenters. The molecule has 6 aromatic rings. The Labute approximate surface area is 300 Å². The third-order valence-electron chi connectivity index (χ3n) is 7.99. The SMILES string of the molecule is COc1ccc(/C=C(\NC(=O)c2ccccc2)C(=O)Nc2ccc(SC(C(=O)Nc3ccc4ccccc4c3)c3ccccc3)cc2)c(OC)c1. The van der Waals surface area contributed by atoms with Crippen molar-refractivity contribution in [3.63, 3.8) is 0 Å². The lowest BCUT2D eigenvalue weighted by Crippen LogP contribution is -2.30. The molecule has 0 heterocycles. The van der Waals surface area contributed by atoms with Gasteiger partial charge in [0.25, 0.3) is 11.8 Å². The summed E-state index contributed by atoms with van der Waals surface area (Å²) in [6.45, 7) is 0. The van der Waals surface area contributed by atoms with E-state index in [4.69, 9.17) is 9.47 Å². The van der Waals surface area contributed by atoms with Crippen molar-refractivity contribution >= 4 is 57.7 Å². The van der Waals surface area contributed by atoms with Gasteiger partial charge in [-0.3, -0.25) is 14.4 Å². The van der Waals surface area contributed by atoms with Crippen LogP contribution in [0.4, 0.5) is 11.4 Å². The Morgan fingerprint density at radius 1 is 0.647 bits per heavy atom. The first-order valence-corrected chi connectivity index (χ1v) is 17.0. The fraction of sp³-hybridized carbons (Fsp3) is 0.0714. The maximum absolute atomic E-state index is 13.7. The Bertz CT molecular complexity index is 2190. The van der Waals surface area contributed by atoms with Gasteiger partial charge in [-0.25, -0.2) is 0 Å². The highest BCUT2D eigenvalue weighted by Crippen LogP contribution is 2.37. The van der Waals surface area contributed by atoms with E-state index in [0.717, 1.165) is 21.2 Å². The van der Waals surface area contributed by atoms with Crippen molar-refractivity contribution in [3.8, 4) is 11.5 Å². The number of benzene rings is 6. The molecule has 8 nitrogen and oxygen atoms in total. The van der Waals surface area contributed by atoms with E-state index < -0.39 is 17.1 Å². The zero-order valence-electron chi connectivity index (χ0n) is 28.0. The summed E-state index contributed by atoms with van der Waals surface area (Å²) < 4.78 is 10.8. The summed E-state index contributed by atoms with van der Waals surface area (Å²) in [6.07, 6.45) is 1.55. The topological polar surface area (TPSA) is 106 Å². The second-order valence-electron chi connectivity index (χ2n) is 11.4. The lowest BCUT2D eigenvalue weighted by atomic mass is 10.1. The van der Waals surface area contributed by atoms with Crippen LogP contribution in [0.5, 0.6) is 11.5 Å². The second kappa shape index (κ2) is 16.4. The summed E-state index contributed by atoms with van der Waals surface area (Å²) in [4.78, 5) is 41.4. The van der Waals surface area contributed by atoms with Crippen molar-refractivity contribution in [1.82, 2.24) is 5.32 Å². The zero-order chi connectivity index (χ0) is 35.6. The van der Waals surface area contributed by atoms with Crippen molar-refractivity contribution < 1.29 is 23.9 Å². The Balaban J connectivity index is 1.21. The van der Waals surface area contributed by atoms with E-state index in [1.807, 2.05) is 91.0 Å². The Hall–Kier alpha value is -6.32. The van der Waals surface area contributed by atoms with Crippen molar-refractivity contribution in [2.24, 2.45) is 0 Å². The maximum atomic E-state index is 13.7. The van der Waals surface area contributed by atoms with Gasteiger partial charge in [-0.05, 0) is 83.1 Å². The van der Waals surface area contributed by atoms with Crippen LogP contribution in [0.2, 0.25) is 0 Å². The molecule has 254 valence electrons. The normalized spacial score (nSPS) is 11.7. The first-order chi connectivity index (χ1) is 24.9. The third kappa shape index (κ3) is 8.83. The van der Waals surface area contributed by atoms with Gasteiger partial charge >= 0.3 is 0 Å². The number of nitrogens with one attached hydrogen (secondary N) is 3. The van der Waals surface area contributed by atoms with E-state index in [1.165, 1.54) is 18.9 Å². The zero-order valence-corrected chi connectivity index (χ0v) is 28.8. The molecule has 3 N–H and O–H groups in total. The molecule has 6 aromatic carbocycles. The largest absolute Gasteiger partial charge is 0.497 e. The highest BCUT2D eigenvalue weighted by Gasteiger charge is 2.23. The highest BCUT2D eigenvalue weighted by atomic mass is 32.2. The molecule has 0 aliphatic rings. The molecule has 1 atom stereocenters. The maximum Gasteiger partial charge on any atom is 0.272 e. The Morgan fingerprint density at radius 3 is 2.02 bits per heavy atom. The summed E-state index contributed by atoms with van der Waals surface area (Å²) in [6, 6.07) is 44.5. The van der Waals surface area contributed by atoms with Gasteiger partial charge in [0, 0.05) is 33.5 Å². The lowest BCUT2D eigenvalue weighted by Gasteiger charge is -2.18. The first kappa shape index (κ1) is 34.5. The smallest absolute Gasteiger partial charge is 0.272 e. The summed E-state index contributed by atoms with van der Waals surface area (Å²) >= 11 is 1.40. The van der Waals surface area contributed by atoms with Gasteiger partial charge in [-0.1, -0.05) is 78.9 Å². The standard InChI is InChI=1S/C42H35N3O5S/c1-49-35-22-18-32(38(27-35)50-2)26-37(45-40(46)30-14-7-4-8-15-30)41(47)43-33-20-23-36(24-21-33)51-39(29-12-5-3-6-13-29)42(48)44-34-19-17-28-11-9-10-16-31(28)25-34/h3-27,39H,1-2H3,(H,43,47)(H,44,48)(H,45,46)/b37-26-. The molecular weight excluding hydrogens is 659 g/mol. The number of rotatable bonds is 12. The van der Waals surface area contributed by atoms with Crippen LogP contribution < -0.4 is 25.4 Å². The molecule has 0 fully saturated rings. The molecular formula is C42H35N3O5S. The van der Waals surface area contributed by atoms with Gasteiger partial charge in [0.05, 0.1) is 14.2 Å². The average Bonchev–Trinajstić information content (AvgIpc) is 3.17. The number of carbonyl (C=O) groups excluding carboxylic acids is 3. The number of thioether (sulfide) groups is 1. The predicted molar refractivity (Wildman–Crippen MR) is 204 cm³/mol. The number of hydrogen-bond acceptors (Lipinski definition) is 6. The van der Waals surface area contributed by atoms with Crippen molar-refractivity contribution in [3.05, 3.63) is 168 Å². The summed E-state index contributed by atoms with van der Waals surface area (Å²) in [7, 11) is 3.07. The molecule has 6 rings (SSSR count). The molecule has 0 saturated heterocycles. The van der Waals surface area contributed by atoms with E-state index in [2.05, 4.69) is 16.0 Å². The van der Waals surface area contributed by atoms with Crippen LogP contribution in [0.3, 0.4) is 0 Å².